The van der Waals surface area contributed by atoms with Crippen molar-refractivity contribution in [2.45, 2.75) is 20.8 Å². The zero-order chi connectivity index (χ0) is 23.7. The first-order chi connectivity index (χ1) is 15.8. The maximum Gasteiger partial charge on any atom is 0.351 e. The normalized spacial score (nSPS) is 10.8. The molecule has 0 unspecified atom stereocenters. The number of fused-ring (bicyclic) bond motifs is 1. The van der Waals surface area contributed by atoms with Crippen molar-refractivity contribution >= 4 is 16.9 Å². The van der Waals surface area contributed by atoms with Crippen molar-refractivity contribution in [1.82, 2.24) is 0 Å². The van der Waals surface area contributed by atoms with Crippen LogP contribution in [0.5, 0.6) is 17.2 Å². The second-order valence-electron chi connectivity index (χ2n) is 7.84. The maximum absolute atomic E-state index is 13.6. The van der Waals surface area contributed by atoms with Gasteiger partial charge in [-0.15, -0.1) is 0 Å². The van der Waals surface area contributed by atoms with Crippen LogP contribution in [0, 0.1) is 20.8 Å². The number of carbonyl (C=O) groups excluding carboxylic acids is 1. The summed E-state index contributed by atoms with van der Waals surface area (Å²) in [7, 11) is 2.89. The molecule has 1 aromatic heterocycles. The summed E-state index contributed by atoms with van der Waals surface area (Å²) in [5.41, 5.74) is 3.45. The smallest absolute Gasteiger partial charge is 0.351 e. The van der Waals surface area contributed by atoms with E-state index in [9.17, 15) is 9.59 Å². The summed E-state index contributed by atoms with van der Waals surface area (Å²) >= 11 is 0. The first-order valence-electron chi connectivity index (χ1n) is 10.4. The molecule has 0 bridgehead atoms. The molecule has 0 fully saturated rings. The predicted molar refractivity (Wildman–Crippen MR) is 127 cm³/mol. The molecule has 0 atom stereocenters. The quantitative estimate of drug-likeness (QED) is 0.372. The molecule has 0 N–H and O–H groups in total. The molecule has 0 saturated carbocycles. The van der Waals surface area contributed by atoms with Gasteiger partial charge < -0.3 is 18.6 Å². The molecule has 0 amide bonds. The van der Waals surface area contributed by atoms with E-state index in [0.29, 0.717) is 16.5 Å². The van der Waals surface area contributed by atoms with Crippen LogP contribution in [-0.2, 0) is 0 Å². The van der Waals surface area contributed by atoms with E-state index in [2.05, 4.69) is 0 Å². The van der Waals surface area contributed by atoms with E-state index in [1.54, 1.807) is 24.3 Å². The molecular weight excluding hydrogens is 420 g/mol. The number of rotatable bonds is 5. The Balaban J connectivity index is 1.96. The molecule has 6 nitrogen and oxygen atoms in total. The monoisotopic (exact) mass is 444 g/mol. The molecule has 3 aromatic carbocycles. The van der Waals surface area contributed by atoms with Crippen LogP contribution in [0.3, 0.4) is 0 Å². The summed E-state index contributed by atoms with van der Waals surface area (Å²) < 4.78 is 22.5. The molecule has 0 radical (unpaired) electrons. The van der Waals surface area contributed by atoms with Crippen molar-refractivity contribution < 1.29 is 23.4 Å². The van der Waals surface area contributed by atoms with Gasteiger partial charge in [-0.2, -0.15) is 0 Å². The molecule has 4 aromatic rings. The van der Waals surface area contributed by atoms with Crippen LogP contribution in [0.4, 0.5) is 0 Å². The van der Waals surface area contributed by atoms with E-state index in [1.807, 2.05) is 51.1 Å². The van der Waals surface area contributed by atoms with Gasteiger partial charge in [0.25, 0.3) is 0 Å². The molecule has 0 aliphatic carbocycles. The van der Waals surface area contributed by atoms with Crippen molar-refractivity contribution in [3.63, 3.8) is 0 Å². The van der Waals surface area contributed by atoms with Gasteiger partial charge in [-0.25, -0.2) is 4.79 Å². The lowest BCUT2D eigenvalue weighted by Crippen LogP contribution is -2.18. The van der Waals surface area contributed by atoms with Gasteiger partial charge in [-0.1, -0.05) is 42.0 Å². The second kappa shape index (κ2) is 8.82. The minimum atomic E-state index is -0.783. The molecule has 0 spiro atoms. The van der Waals surface area contributed by atoms with E-state index >= 15 is 0 Å². The number of hydrogen-bond acceptors (Lipinski definition) is 6. The minimum absolute atomic E-state index is 0.0810. The first-order valence-corrected chi connectivity index (χ1v) is 10.4. The lowest BCUT2D eigenvalue weighted by atomic mass is 10.0. The van der Waals surface area contributed by atoms with Gasteiger partial charge in [-0.3, -0.25) is 4.79 Å². The fraction of sp³-hybridized carbons (Fsp3) is 0.185. The Morgan fingerprint density at radius 2 is 1.48 bits per heavy atom. The number of esters is 1. The van der Waals surface area contributed by atoms with Crippen LogP contribution in [0.25, 0.3) is 22.3 Å². The molecule has 0 aliphatic heterocycles. The summed E-state index contributed by atoms with van der Waals surface area (Å²) in [4.78, 5) is 26.9. The van der Waals surface area contributed by atoms with Gasteiger partial charge in [0.05, 0.1) is 19.6 Å². The third-order valence-corrected chi connectivity index (χ3v) is 5.44. The van der Waals surface area contributed by atoms with Gasteiger partial charge >= 0.3 is 5.97 Å². The van der Waals surface area contributed by atoms with E-state index in [-0.39, 0.29) is 28.6 Å². The Kier molecular flexibility index (Phi) is 5.92. The average Bonchev–Trinajstić information content (AvgIpc) is 2.80. The zero-order valence-corrected chi connectivity index (χ0v) is 19.1. The molecule has 1 heterocycles. The highest BCUT2D eigenvalue weighted by Gasteiger charge is 2.26. The van der Waals surface area contributed by atoms with Crippen molar-refractivity contribution in [3.8, 4) is 28.6 Å². The molecule has 168 valence electrons. The lowest BCUT2D eigenvalue weighted by Gasteiger charge is -2.15. The summed E-state index contributed by atoms with van der Waals surface area (Å²) in [6, 6.07) is 16.1. The Hall–Kier alpha value is -4.06. The lowest BCUT2D eigenvalue weighted by molar-refractivity contribution is 0.0724. The third kappa shape index (κ3) is 4.07. The van der Waals surface area contributed by atoms with E-state index < -0.39 is 11.4 Å². The Bertz CT molecular complexity index is 1390. The van der Waals surface area contributed by atoms with Gasteiger partial charge in [0.2, 0.25) is 11.2 Å². The summed E-state index contributed by atoms with van der Waals surface area (Å²) in [6.45, 7) is 5.72. The first kappa shape index (κ1) is 22.1. The van der Waals surface area contributed by atoms with Crippen LogP contribution < -0.4 is 19.6 Å². The average molecular weight is 444 g/mol. The highest BCUT2D eigenvalue weighted by molar-refractivity contribution is 5.98. The van der Waals surface area contributed by atoms with Crippen LogP contribution in [0.2, 0.25) is 0 Å². The summed E-state index contributed by atoms with van der Waals surface area (Å²) in [5.74, 6) is -0.244. The number of carbonyl (C=O) groups is 1. The zero-order valence-electron chi connectivity index (χ0n) is 19.1. The van der Waals surface area contributed by atoms with Crippen LogP contribution in [0.15, 0.2) is 63.8 Å². The number of hydrogen-bond donors (Lipinski definition) is 0. The van der Waals surface area contributed by atoms with Crippen LogP contribution in [0.1, 0.15) is 27.0 Å². The van der Waals surface area contributed by atoms with Gasteiger partial charge in [0.15, 0.2) is 5.76 Å². The van der Waals surface area contributed by atoms with E-state index in [4.69, 9.17) is 18.6 Å². The number of ether oxygens (including phenoxy) is 3. The van der Waals surface area contributed by atoms with E-state index in [1.165, 1.54) is 14.2 Å². The Labute approximate surface area is 191 Å². The summed E-state index contributed by atoms with van der Waals surface area (Å²) in [6.07, 6.45) is 0. The van der Waals surface area contributed by atoms with Crippen molar-refractivity contribution in [2.75, 3.05) is 14.2 Å². The van der Waals surface area contributed by atoms with Gasteiger partial charge in [-0.05, 0) is 50.1 Å². The molecule has 33 heavy (non-hydrogen) atoms. The third-order valence-electron chi connectivity index (χ3n) is 5.44. The van der Waals surface area contributed by atoms with Crippen molar-refractivity contribution in [3.05, 3.63) is 87.1 Å². The maximum atomic E-state index is 13.6. The molecular formula is C27H24O6. The number of aryl methyl sites for hydroxylation is 3. The Morgan fingerprint density at radius 1 is 0.848 bits per heavy atom. The molecule has 4 rings (SSSR count). The summed E-state index contributed by atoms with van der Waals surface area (Å²) in [5, 5.41) is 0.367. The fourth-order valence-electron chi connectivity index (χ4n) is 3.86. The van der Waals surface area contributed by atoms with Crippen LogP contribution >= 0.6 is 0 Å². The van der Waals surface area contributed by atoms with E-state index in [0.717, 1.165) is 16.7 Å². The highest BCUT2D eigenvalue weighted by Crippen LogP contribution is 2.35. The fourth-order valence-corrected chi connectivity index (χ4v) is 3.86. The van der Waals surface area contributed by atoms with Crippen LogP contribution in [-0.4, -0.2) is 20.2 Å². The van der Waals surface area contributed by atoms with Gasteiger partial charge in [0, 0.05) is 5.56 Å². The van der Waals surface area contributed by atoms with Gasteiger partial charge in [0.1, 0.15) is 22.6 Å². The SMILES string of the molecule is COc1cccc(OC)c1C(=O)Oc1c(-c2ccc(C)cc2)oc2cc(C)cc(C)c2c1=O. The molecule has 0 saturated heterocycles. The van der Waals surface area contributed by atoms with Crippen molar-refractivity contribution in [1.29, 1.82) is 0 Å². The molecule has 0 aliphatic rings. The standard InChI is InChI=1S/C27H24O6/c1-15-9-11-18(12-10-15)25-26(24(28)22-17(3)13-16(2)14-21(22)32-25)33-27(29)23-19(30-4)7-6-8-20(23)31-5/h6-14H,1-5H3. The number of methoxy groups -OCH3 is 2. The number of benzene rings is 3. The molecule has 6 heteroatoms. The van der Waals surface area contributed by atoms with Crippen molar-refractivity contribution in [2.24, 2.45) is 0 Å². The minimum Gasteiger partial charge on any atom is -0.496 e. The second-order valence-corrected chi connectivity index (χ2v) is 7.84. The largest absolute Gasteiger partial charge is 0.496 e. The predicted octanol–water partition coefficient (Wildman–Crippen LogP) is 5.62. The Morgan fingerprint density at radius 3 is 2.09 bits per heavy atom. The topological polar surface area (TPSA) is 75.0 Å². The highest BCUT2D eigenvalue weighted by atomic mass is 16.5.